The lowest BCUT2D eigenvalue weighted by molar-refractivity contribution is 0.0359. The third-order valence-electron chi connectivity index (χ3n) is 2.83. The summed E-state index contributed by atoms with van der Waals surface area (Å²) in [6, 6.07) is 10.0. The summed E-state index contributed by atoms with van der Waals surface area (Å²) in [4.78, 5) is 1.17. The predicted octanol–water partition coefficient (Wildman–Crippen LogP) is 3.81. The molecular weight excluding hydrogens is 338 g/mol. The number of ether oxygens (including phenoxy) is 1. The molecule has 0 aliphatic carbocycles. The van der Waals surface area contributed by atoms with Crippen LogP contribution in [0, 0.1) is 6.92 Å². The predicted molar refractivity (Wildman–Crippen MR) is 87.4 cm³/mol. The molecule has 0 aliphatic rings. The van der Waals surface area contributed by atoms with Crippen molar-refractivity contribution in [3.05, 3.63) is 50.6 Å². The van der Waals surface area contributed by atoms with Gasteiger partial charge in [-0.25, -0.2) is 0 Å². The van der Waals surface area contributed by atoms with Crippen molar-refractivity contribution in [2.24, 2.45) is 0 Å². The number of aryl methyl sites for hydroxylation is 1. The average molecular weight is 356 g/mol. The first kappa shape index (κ1) is 15.5. The Kier molecular flexibility index (Phi) is 6.04. The van der Waals surface area contributed by atoms with E-state index in [0.29, 0.717) is 19.8 Å². The molecule has 108 valence electrons. The fourth-order valence-electron chi connectivity index (χ4n) is 1.74. The minimum atomic E-state index is -0.515. The number of halogens is 1. The average Bonchev–Trinajstić information content (AvgIpc) is 2.93. The van der Waals surface area contributed by atoms with Crippen LogP contribution < -0.4 is 5.32 Å². The quantitative estimate of drug-likeness (QED) is 0.793. The SMILES string of the molecule is Cc1cc(NCC(O)COCc2cccs2)ccc1Br. The molecular formula is C15H18BrNO2S. The molecule has 1 atom stereocenters. The largest absolute Gasteiger partial charge is 0.389 e. The van der Waals surface area contributed by atoms with Gasteiger partial charge < -0.3 is 15.2 Å². The lowest BCUT2D eigenvalue weighted by Crippen LogP contribution is -2.24. The molecule has 1 heterocycles. The molecule has 1 aromatic carbocycles. The van der Waals surface area contributed by atoms with Gasteiger partial charge in [-0.05, 0) is 42.1 Å². The van der Waals surface area contributed by atoms with E-state index in [0.717, 1.165) is 10.2 Å². The standard InChI is InChI=1S/C15H18BrNO2S/c1-11-7-12(4-5-15(11)16)17-8-13(18)9-19-10-14-3-2-6-20-14/h2-7,13,17-18H,8-10H2,1H3. The summed E-state index contributed by atoms with van der Waals surface area (Å²) in [7, 11) is 0. The van der Waals surface area contributed by atoms with E-state index in [2.05, 4.69) is 21.2 Å². The molecule has 0 radical (unpaired) electrons. The Morgan fingerprint density at radius 2 is 2.25 bits per heavy atom. The van der Waals surface area contributed by atoms with Crippen LogP contribution in [-0.4, -0.2) is 24.4 Å². The molecule has 0 saturated heterocycles. The van der Waals surface area contributed by atoms with E-state index in [4.69, 9.17) is 4.74 Å². The van der Waals surface area contributed by atoms with Gasteiger partial charge in [0.1, 0.15) is 0 Å². The van der Waals surface area contributed by atoms with Crippen molar-refractivity contribution in [1.82, 2.24) is 0 Å². The van der Waals surface area contributed by atoms with E-state index >= 15 is 0 Å². The summed E-state index contributed by atoms with van der Waals surface area (Å²) >= 11 is 5.13. The van der Waals surface area contributed by atoms with Gasteiger partial charge >= 0.3 is 0 Å². The van der Waals surface area contributed by atoms with E-state index in [1.165, 1.54) is 10.4 Å². The summed E-state index contributed by atoms with van der Waals surface area (Å²) in [5.41, 5.74) is 2.17. The first-order chi connectivity index (χ1) is 9.65. The molecule has 1 unspecified atom stereocenters. The van der Waals surface area contributed by atoms with Gasteiger partial charge in [0.2, 0.25) is 0 Å². The lowest BCUT2D eigenvalue weighted by atomic mass is 10.2. The number of aliphatic hydroxyl groups is 1. The highest BCUT2D eigenvalue weighted by Crippen LogP contribution is 2.19. The lowest BCUT2D eigenvalue weighted by Gasteiger charge is -2.13. The van der Waals surface area contributed by atoms with Gasteiger partial charge in [0.25, 0.3) is 0 Å². The van der Waals surface area contributed by atoms with Gasteiger partial charge in [-0.3, -0.25) is 0 Å². The number of benzene rings is 1. The van der Waals surface area contributed by atoms with E-state index in [1.807, 2.05) is 42.6 Å². The molecule has 0 saturated carbocycles. The Balaban J connectivity index is 1.69. The minimum Gasteiger partial charge on any atom is -0.389 e. The molecule has 0 amide bonds. The molecule has 0 aliphatic heterocycles. The molecule has 2 rings (SSSR count). The van der Waals surface area contributed by atoms with Crippen molar-refractivity contribution in [2.45, 2.75) is 19.6 Å². The maximum Gasteiger partial charge on any atom is 0.0945 e. The Morgan fingerprint density at radius 3 is 2.95 bits per heavy atom. The Morgan fingerprint density at radius 1 is 1.40 bits per heavy atom. The van der Waals surface area contributed by atoms with E-state index in [9.17, 15) is 5.11 Å². The van der Waals surface area contributed by atoms with Crippen molar-refractivity contribution in [3.8, 4) is 0 Å². The zero-order valence-electron chi connectivity index (χ0n) is 11.3. The molecule has 3 nitrogen and oxygen atoms in total. The molecule has 0 bridgehead atoms. The molecule has 0 fully saturated rings. The second-order valence-corrected chi connectivity index (χ2v) is 6.48. The van der Waals surface area contributed by atoms with E-state index in [1.54, 1.807) is 11.3 Å². The van der Waals surface area contributed by atoms with Crippen LogP contribution in [0.1, 0.15) is 10.4 Å². The van der Waals surface area contributed by atoms with Crippen LogP contribution in [0.4, 0.5) is 5.69 Å². The Bertz CT molecular complexity index is 531. The summed E-state index contributed by atoms with van der Waals surface area (Å²) in [5, 5.41) is 15.1. The van der Waals surface area contributed by atoms with Crippen LogP contribution in [0.3, 0.4) is 0 Å². The topological polar surface area (TPSA) is 41.5 Å². The summed E-state index contributed by atoms with van der Waals surface area (Å²) in [5.74, 6) is 0. The second kappa shape index (κ2) is 7.78. The van der Waals surface area contributed by atoms with E-state index < -0.39 is 6.10 Å². The number of rotatable bonds is 7. The zero-order chi connectivity index (χ0) is 14.4. The van der Waals surface area contributed by atoms with Crippen LogP contribution in [0.5, 0.6) is 0 Å². The molecule has 5 heteroatoms. The molecule has 2 N–H and O–H groups in total. The van der Waals surface area contributed by atoms with Gasteiger partial charge in [0.15, 0.2) is 0 Å². The third-order valence-corrected chi connectivity index (χ3v) is 4.57. The fraction of sp³-hybridized carbons (Fsp3) is 0.333. The van der Waals surface area contributed by atoms with Crippen LogP contribution in [-0.2, 0) is 11.3 Å². The van der Waals surface area contributed by atoms with Crippen LogP contribution in [0.2, 0.25) is 0 Å². The smallest absolute Gasteiger partial charge is 0.0945 e. The number of hydrogen-bond acceptors (Lipinski definition) is 4. The molecule has 1 aromatic heterocycles. The van der Waals surface area contributed by atoms with Crippen molar-refractivity contribution >= 4 is 33.0 Å². The maximum absolute atomic E-state index is 9.87. The van der Waals surface area contributed by atoms with Gasteiger partial charge in [-0.1, -0.05) is 22.0 Å². The number of aliphatic hydroxyl groups excluding tert-OH is 1. The van der Waals surface area contributed by atoms with Crippen molar-refractivity contribution in [1.29, 1.82) is 0 Å². The summed E-state index contributed by atoms with van der Waals surface area (Å²) < 4.78 is 6.57. The van der Waals surface area contributed by atoms with Crippen LogP contribution >= 0.6 is 27.3 Å². The summed E-state index contributed by atoms with van der Waals surface area (Å²) in [6.45, 7) is 3.41. The number of nitrogens with one attached hydrogen (secondary N) is 1. The Hall–Kier alpha value is -0.880. The molecule has 2 aromatic rings. The Labute approximate surface area is 131 Å². The van der Waals surface area contributed by atoms with Crippen LogP contribution in [0.15, 0.2) is 40.2 Å². The van der Waals surface area contributed by atoms with Crippen molar-refractivity contribution in [2.75, 3.05) is 18.5 Å². The maximum atomic E-state index is 9.87. The number of anilines is 1. The van der Waals surface area contributed by atoms with E-state index in [-0.39, 0.29) is 0 Å². The monoisotopic (exact) mass is 355 g/mol. The third kappa shape index (κ3) is 4.90. The highest BCUT2D eigenvalue weighted by atomic mass is 79.9. The fourth-order valence-corrected chi connectivity index (χ4v) is 2.63. The number of hydrogen-bond donors (Lipinski definition) is 2. The van der Waals surface area contributed by atoms with Gasteiger partial charge in [0, 0.05) is 21.6 Å². The van der Waals surface area contributed by atoms with Crippen molar-refractivity contribution in [3.63, 3.8) is 0 Å². The van der Waals surface area contributed by atoms with Crippen molar-refractivity contribution < 1.29 is 9.84 Å². The molecule has 20 heavy (non-hydrogen) atoms. The second-order valence-electron chi connectivity index (χ2n) is 4.59. The highest BCUT2D eigenvalue weighted by molar-refractivity contribution is 9.10. The minimum absolute atomic E-state index is 0.334. The highest BCUT2D eigenvalue weighted by Gasteiger charge is 2.05. The van der Waals surface area contributed by atoms with Gasteiger partial charge in [-0.2, -0.15) is 0 Å². The molecule has 0 spiro atoms. The zero-order valence-corrected chi connectivity index (χ0v) is 13.7. The van der Waals surface area contributed by atoms with Gasteiger partial charge in [-0.15, -0.1) is 11.3 Å². The number of thiophene rings is 1. The summed E-state index contributed by atoms with van der Waals surface area (Å²) in [6.07, 6.45) is -0.515. The van der Waals surface area contributed by atoms with Gasteiger partial charge in [0.05, 0.1) is 19.3 Å². The van der Waals surface area contributed by atoms with Crippen LogP contribution in [0.25, 0.3) is 0 Å². The first-order valence-corrected chi connectivity index (χ1v) is 8.10. The normalized spacial score (nSPS) is 12.3. The first-order valence-electron chi connectivity index (χ1n) is 6.43.